The molecule has 2 N–H and O–H groups in total. The monoisotopic (exact) mass is 431 g/mol. The van der Waals surface area contributed by atoms with E-state index in [1.807, 2.05) is 12.1 Å². The SMILES string of the molecule is CN=C(NCc1ccc(CN(C)C)cc1)NC1CCN(c2ccccc2OC(F)F)C1. The van der Waals surface area contributed by atoms with E-state index in [1.54, 1.807) is 19.2 Å². The van der Waals surface area contributed by atoms with Crippen LogP contribution in [0, 0.1) is 0 Å². The summed E-state index contributed by atoms with van der Waals surface area (Å²) in [7, 11) is 5.85. The summed E-state index contributed by atoms with van der Waals surface area (Å²) in [4.78, 5) is 8.53. The molecular weight excluding hydrogens is 400 g/mol. The topological polar surface area (TPSA) is 52.1 Å². The molecule has 3 rings (SSSR count). The van der Waals surface area contributed by atoms with Crippen LogP contribution in [0.25, 0.3) is 0 Å². The van der Waals surface area contributed by atoms with Crippen molar-refractivity contribution in [3.05, 3.63) is 59.7 Å². The normalized spacial score (nSPS) is 16.8. The second-order valence-electron chi connectivity index (χ2n) is 7.90. The number of benzene rings is 2. The van der Waals surface area contributed by atoms with Gasteiger partial charge in [-0.05, 0) is 43.8 Å². The molecule has 1 saturated heterocycles. The van der Waals surface area contributed by atoms with Crippen molar-refractivity contribution in [3.63, 3.8) is 0 Å². The highest BCUT2D eigenvalue weighted by Crippen LogP contribution is 2.31. The molecule has 6 nitrogen and oxygen atoms in total. The Bertz CT molecular complexity index is 857. The number of hydrogen-bond donors (Lipinski definition) is 2. The predicted molar refractivity (Wildman–Crippen MR) is 121 cm³/mol. The Labute approximate surface area is 182 Å². The van der Waals surface area contributed by atoms with Crippen molar-refractivity contribution >= 4 is 11.6 Å². The fourth-order valence-corrected chi connectivity index (χ4v) is 3.71. The molecule has 168 valence electrons. The van der Waals surface area contributed by atoms with Gasteiger partial charge in [0.2, 0.25) is 0 Å². The average molecular weight is 432 g/mol. The molecule has 1 fully saturated rings. The first-order chi connectivity index (χ1) is 14.9. The maximum atomic E-state index is 12.7. The van der Waals surface area contributed by atoms with Crippen LogP contribution in [-0.4, -0.2) is 57.7 Å². The smallest absolute Gasteiger partial charge is 0.387 e. The third kappa shape index (κ3) is 6.82. The Balaban J connectivity index is 1.52. The van der Waals surface area contributed by atoms with E-state index in [4.69, 9.17) is 0 Å². The number of halogens is 2. The molecule has 0 bridgehead atoms. The molecule has 0 amide bonds. The first-order valence-corrected chi connectivity index (χ1v) is 10.4. The zero-order valence-electron chi connectivity index (χ0n) is 18.3. The molecule has 0 radical (unpaired) electrons. The Morgan fingerprint density at radius 3 is 2.55 bits per heavy atom. The molecule has 1 heterocycles. The minimum Gasteiger partial charge on any atom is -0.433 e. The summed E-state index contributed by atoms with van der Waals surface area (Å²) in [6.45, 7) is 0.191. The molecule has 1 unspecified atom stereocenters. The second kappa shape index (κ2) is 10.9. The zero-order chi connectivity index (χ0) is 22.2. The second-order valence-corrected chi connectivity index (χ2v) is 7.90. The standard InChI is InChI=1S/C23H31F2N5O/c1-26-23(27-14-17-8-10-18(11-9-17)15-29(2)3)28-19-12-13-30(16-19)20-6-4-5-7-21(20)31-22(24)25/h4-11,19,22H,12-16H2,1-3H3,(H2,26,27,28). The first kappa shape index (κ1) is 22.8. The van der Waals surface area contributed by atoms with E-state index >= 15 is 0 Å². The Kier molecular flexibility index (Phi) is 8.06. The van der Waals surface area contributed by atoms with Gasteiger partial charge < -0.3 is 25.2 Å². The molecule has 0 aliphatic carbocycles. The van der Waals surface area contributed by atoms with Crippen LogP contribution in [0.4, 0.5) is 14.5 Å². The van der Waals surface area contributed by atoms with Gasteiger partial charge in [0.1, 0.15) is 5.75 Å². The van der Waals surface area contributed by atoms with Crippen LogP contribution in [-0.2, 0) is 13.1 Å². The number of nitrogens with one attached hydrogen (secondary N) is 2. The summed E-state index contributed by atoms with van der Waals surface area (Å²) in [5.74, 6) is 0.930. The lowest BCUT2D eigenvalue weighted by molar-refractivity contribution is -0.0495. The third-order valence-corrected chi connectivity index (χ3v) is 5.16. The highest BCUT2D eigenvalue weighted by Gasteiger charge is 2.26. The molecule has 1 aliphatic rings. The quantitative estimate of drug-likeness (QED) is 0.496. The van der Waals surface area contributed by atoms with Gasteiger partial charge in [-0.25, -0.2) is 0 Å². The summed E-state index contributed by atoms with van der Waals surface area (Å²) in [5, 5.41) is 6.79. The van der Waals surface area contributed by atoms with Gasteiger partial charge in [-0.15, -0.1) is 0 Å². The molecule has 0 spiro atoms. The van der Waals surface area contributed by atoms with Crippen LogP contribution < -0.4 is 20.3 Å². The van der Waals surface area contributed by atoms with Gasteiger partial charge in [-0.2, -0.15) is 8.78 Å². The fourth-order valence-electron chi connectivity index (χ4n) is 3.71. The Hall–Kier alpha value is -2.87. The molecule has 2 aromatic carbocycles. The van der Waals surface area contributed by atoms with Crippen molar-refractivity contribution in [2.75, 3.05) is 39.1 Å². The van der Waals surface area contributed by atoms with Gasteiger partial charge in [0.15, 0.2) is 5.96 Å². The lowest BCUT2D eigenvalue weighted by atomic mass is 10.1. The molecule has 0 aromatic heterocycles. The summed E-state index contributed by atoms with van der Waals surface area (Å²) >= 11 is 0. The Morgan fingerprint density at radius 1 is 1.16 bits per heavy atom. The molecule has 1 aliphatic heterocycles. The molecular formula is C23H31F2N5O. The van der Waals surface area contributed by atoms with E-state index in [0.717, 1.165) is 25.5 Å². The van der Waals surface area contributed by atoms with Crippen molar-refractivity contribution in [2.45, 2.75) is 32.2 Å². The average Bonchev–Trinajstić information content (AvgIpc) is 3.20. The van der Waals surface area contributed by atoms with Gasteiger partial charge in [0.25, 0.3) is 0 Å². The highest BCUT2D eigenvalue weighted by molar-refractivity contribution is 5.80. The minimum absolute atomic E-state index is 0.160. The molecule has 8 heteroatoms. The number of aliphatic imine (C=N–C) groups is 1. The van der Waals surface area contributed by atoms with Crippen LogP contribution in [0.15, 0.2) is 53.5 Å². The first-order valence-electron chi connectivity index (χ1n) is 10.4. The van der Waals surface area contributed by atoms with Crippen molar-refractivity contribution < 1.29 is 13.5 Å². The fraction of sp³-hybridized carbons (Fsp3) is 0.435. The highest BCUT2D eigenvalue weighted by atomic mass is 19.3. The van der Waals surface area contributed by atoms with Crippen molar-refractivity contribution in [1.82, 2.24) is 15.5 Å². The van der Waals surface area contributed by atoms with Crippen LogP contribution in [0.2, 0.25) is 0 Å². The van der Waals surface area contributed by atoms with E-state index in [2.05, 4.69) is 68.5 Å². The lowest BCUT2D eigenvalue weighted by Gasteiger charge is -2.22. The number of anilines is 1. The molecule has 2 aromatic rings. The third-order valence-electron chi connectivity index (χ3n) is 5.16. The van der Waals surface area contributed by atoms with Crippen LogP contribution in [0.1, 0.15) is 17.5 Å². The van der Waals surface area contributed by atoms with Crippen LogP contribution in [0.5, 0.6) is 5.75 Å². The van der Waals surface area contributed by atoms with Gasteiger partial charge in [-0.1, -0.05) is 36.4 Å². The molecule has 31 heavy (non-hydrogen) atoms. The van der Waals surface area contributed by atoms with Crippen LogP contribution in [0.3, 0.4) is 0 Å². The van der Waals surface area contributed by atoms with Crippen molar-refractivity contribution in [3.8, 4) is 5.75 Å². The van der Waals surface area contributed by atoms with E-state index in [0.29, 0.717) is 18.8 Å². The maximum absolute atomic E-state index is 12.7. The van der Waals surface area contributed by atoms with E-state index in [-0.39, 0.29) is 11.8 Å². The number of guanidine groups is 1. The van der Waals surface area contributed by atoms with Gasteiger partial charge in [0.05, 0.1) is 5.69 Å². The van der Waals surface area contributed by atoms with Crippen LogP contribution >= 0.6 is 0 Å². The molecule has 1 atom stereocenters. The zero-order valence-corrected chi connectivity index (χ0v) is 18.3. The maximum Gasteiger partial charge on any atom is 0.387 e. The van der Waals surface area contributed by atoms with E-state index in [1.165, 1.54) is 11.1 Å². The van der Waals surface area contributed by atoms with Gasteiger partial charge in [-0.3, -0.25) is 4.99 Å². The minimum atomic E-state index is -2.84. The largest absolute Gasteiger partial charge is 0.433 e. The number of rotatable bonds is 8. The number of nitrogens with zero attached hydrogens (tertiary/aromatic N) is 3. The lowest BCUT2D eigenvalue weighted by Crippen LogP contribution is -2.44. The summed E-state index contributed by atoms with van der Waals surface area (Å²) in [6.07, 6.45) is 0.878. The predicted octanol–water partition coefficient (Wildman–Crippen LogP) is 3.29. The molecule has 0 saturated carbocycles. The number of hydrogen-bond acceptors (Lipinski definition) is 4. The Morgan fingerprint density at radius 2 is 1.87 bits per heavy atom. The number of alkyl halides is 2. The van der Waals surface area contributed by atoms with E-state index < -0.39 is 6.61 Å². The van der Waals surface area contributed by atoms with Gasteiger partial charge in [0, 0.05) is 39.3 Å². The number of ether oxygens (including phenoxy) is 1. The summed E-state index contributed by atoms with van der Waals surface area (Å²) in [5.41, 5.74) is 3.14. The summed E-state index contributed by atoms with van der Waals surface area (Å²) < 4.78 is 30.1. The van der Waals surface area contributed by atoms with Gasteiger partial charge >= 0.3 is 6.61 Å². The number of para-hydroxylation sites is 2. The van der Waals surface area contributed by atoms with Crippen molar-refractivity contribution in [1.29, 1.82) is 0 Å². The van der Waals surface area contributed by atoms with E-state index in [9.17, 15) is 8.78 Å². The summed E-state index contributed by atoms with van der Waals surface area (Å²) in [6, 6.07) is 15.6. The van der Waals surface area contributed by atoms with Crippen molar-refractivity contribution in [2.24, 2.45) is 4.99 Å².